The Morgan fingerprint density at radius 1 is 1.53 bits per heavy atom. The highest BCUT2D eigenvalue weighted by atomic mass is 79.9. The van der Waals surface area contributed by atoms with E-state index < -0.39 is 0 Å². The average Bonchev–Trinajstić information content (AvgIpc) is 2.28. The zero-order valence-corrected chi connectivity index (χ0v) is 10.4. The van der Waals surface area contributed by atoms with Gasteiger partial charge in [0.25, 0.3) is 0 Å². The Balaban J connectivity index is 3.12. The monoisotopic (exact) mass is 268 g/mol. The van der Waals surface area contributed by atoms with Crippen molar-refractivity contribution in [2.75, 3.05) is 7.11 Å². The van der Waals surface area contributed by atoms with Crippen LogP contribution in [-0.4, -0.2) is 13.4 Å². The van der Waals surface area contributed by atoms with Crippen LogP contribution in [0.4, 0.5) is 0 Å². The number of carbonyl (C=O) groups excluding carboxylic acids is 1. The Morgan fingerprint density at radius 3 is 2.80 bits per heavy atom. The summed E-state index contributed by atoms with van der Waals surface area (Å²) in [4.78, 5) is 10.7. The molecular weight excluding hydrogens is 256 g/mol. The minimum Gasteiger partial charge on any atom is -0.497 e. The quantitative estimate of drug-likeness (QED) is 0.618. The van der Waals surface area contributed by atoms with Crippen LogP contribution in [0.5, 0.6) is 5.75 Å². The standard InChI is InChI=1S/C12H13BrO2/c1-3-9(8-14)6-10-7-11(15-2)4-5-12(10)13/h4-8H,3H2,1-2H3/b9-6-. The molecule has 15 heavy (non-hydrogen) atoms. The first-order chi connectivity index (χ1) is 7.21. The molecule has 0 fully saturated rings. The molecule has 0 atom stereocenters. The molecule has 1 rings (SSSR count). The van der Waals surface area contributed by atoms with Gasteiger partial charge in [0.2, 0.25) is 0 Å². The van der Waals surface area contributed by atoms with Crippen molar-refractivity contribution in [2.24, 2.45) is 0 Å². The highest BCUT2D eigenvalue weighted by molar-refractivity contribution is 9.10. The lowest BCUT2D eigenvalue weighted by atomic mass is 10.1. The Morgan fingerprint density at radius 2 is 2.27 bits per heavy atom. The number of methoxy groups -OCH3 is 1. The number of ether oxygens (including phenoxy) is 1. The maximum atomic E-state index is 10.7. The zero-order chi connectivity index (χ0) is 11.3. The van der Waals surface area contributed by atoms with Gasteiger partial charge in [-0.1, -0.05) is 22.9 Å². The number of aldehydes is 1. The summed E-state index contributed by atoms with van der Waals surface area (Å²) >= 11 is 3.43. The van der Waals surface area contributed by atoms with Crippen LogP contribution in [0.25, 0.3) is 6.08 Å². The molecule has 0 aliphatic rings. The van der Waals surface area contributed by atoms with Crippen molar-refractivity contribution in [1.29, 1.82) is 0 Å². The predicted molar refractivity (Wildman–Crippen MR) is 65.0 cm³/mol. The fraction of sp³-hybridized carbons (Fsp3) is 0.250. The van der Waals surface area contributed by atoms with Crippen molar-refractivity contribution in [1.82, 2.24) is 0 Å². The molecule has 0 amide bonds. The molecule has 0 unspecified atom stereocenters. The van der Waals surface area contributed by atoms with Gasteiger partial charge in [0, 0.05) is 4.47 Å². The largest absolute Gasteiger partial charge is 0.497 e. The van der Waals surface area contributed by atoms with E-state index in [0.717, 1.165) is 34.1 Å². The van der Waals surface area contributed by atoms with Crippen molar-refractivity contribution in [2.45, 2.75) is 13.3 Å². The fourth-order valence-corrected chi connectivity index (χ4v) is 1.54. The van der Waals surface area contributed by atoms with E-state index in [2.05, 4.69) is 15.9 Å². The van der Waals surface area contributed by atoms with E-state index in [0.29, 0.717) is 0 Å². The minimum absolute atomic E-state index is 0.729. The average molecular weight is 269 g/mol. The van der Waals surface area contributed by atoms with E-state index in [4.69, 9.17) is 4.74 Å². The van der Waals surface area contributed by atoms with Crippen molar-refractivity contribution < 1.29 is 9.53 Å². The lowest BCUT2D eigenvalue weighted by Gasteiger charge is -2.04. The molecule has 0 spiro atoms. The SMILES string of the molecule is CC/C(C=O)=C/c1cc(OC)ccc1Br. The fourth-order valence-electron chi connectivity index (χ4n) is 1.18. The van der Waals surface area contributed by atoms with E-state index in [1.807, 2.05) is 31.2 Å². The summed E-state index contributed by atoms with van der Waals surface area (Å²) in [6.07, 6.45) is 3.47. The minimum atomic E-state index is 0.729. The lowest BCUT2D eigenvalue weighted by Crippen LogP contribution is -1.86. The molecular formula is C12H13BrO2. The van der Waals surface area contributed by atoms with E-state index in [1.165, 1.54) is 0 Å². The van der Waals surface area contributed by atoms with Crippen molar-refractivity contribution in [3.63, 3.8) is 0 Å². The molecule has 1 aromatic rings. The van der Waals surface area contributed by atoms with E-state index in [-0.39, 0.29) is 0 Å². The van der Waals surface area contributed by atoms with Crippen LogP contribution in [-0.2, 0) is 4.79 Å². The normalized spacial score (nSPS) is 11.3. The smallest absolute Gasteiger partial charge is 0.146 e. The van der Waals surface area contributed by atoms with Gasteiger partial charge in [-0.2, -0.15) is 0 Å². The molecule has 0 N–H and O–H groups in total. The third-order valence-electron chi connectivity index (χ3n) is 2.10. The number of hydrogen-bond acceptors (Lipinski definition) is 2. The summed E-state index contributed by atoms with van der Waals surface area (Å²) < 4.78 is 6.07. The van der Waals surface area contributed by atoms with Crippen molar-refractivity contribution in [3.05, 3.63) is 33.8 Å². The van der Waals surface area contributed by atoms with Crippen molar-refractivity contribution >= 4 is 28.3 Å². The van der Waals surface area contributed by atoms with E-state index in [1.54, 1.807) is 7.11 Å². The number of halogens is 1. The Hall–Kier alpha value is -1.09. The first kappa shape index (κ1) is 12.0. The zero-order valence-electron chi connectivity index (χ0n) is 8.79. The highest BCUT2D eigenvalue weighted by Crippen LogP contribution is 2.24. The van der Waals surface area contributed by atoms with Gasteiger partial charge in [0.05, 0.1) is 7.11 Å². The third-order valence-corrected chi connectivity index (χ3v) is 2.83. The molecule has 80 valence electrons. The molecule has 0 bridgehead atoms. The summed E-state index contributed by atoms with van der Waals surface area (Å²) in [6, 6.07) is 5.67. The third kappa shape index (κ3) is 3.20. The van der Waals surface area contributed by atoms with Crippen LogP contribution in [0.3, 0.4) is 0 Å². The molecule has 3 heteroatoms. The van der Waals surface area contributed by atoms with Crippen LogP contribution in [0.2, 0.25) is 0 Å². The molecule has 0 radical (unpaired) electrons. The molecule has 1 aromatic carbocycles. The lowest BCUT2D eigenvalue weighted by molar-refractivity contribution is -0.104. The molecule has 2 nitrogen and oxygen atoms in total. The maximum absolute atomic E-state index is 10.7. The molecule has 0 saturated heterocycles. The molecule has 0 saturated carbocycles. The summed E-state index contributed by atoms with van der Waals surface area (Å²) in [5.41, 5.74) is 1.72. The predicted octanol–water partition coefficient (Wildman–Crippen LogP) is 3.45. The van der Waals surface area contributed by atoms with E-state index >= 15 is 0 Å². The van der Waals surface area contributed by atoms with Gasteiger partial charge in [-0.05, 0) is 41.8 Å². The summed E-state index contributed by atoms with van der Waals surface area (Å²) in [5.74, 6) is 0.783. The maximum Gasteiger partial charge on any atom is 0.146 e. The Kier molecular flexibility index (Phi) is 4.56. The molecule has 0 heterocycles. The van der Waals surface area contributed by atoms with Crippen LogP contribution >= 0.6 is 15.9 Å². The highest BCUT2D eigenvalue weighted by Gasteiger charge is 2.00. The van der Waals surface area contributed by atoms with Gasteiger partial charge >= 0.3 is 0 Å². The first-order valence-electron chi connectivity index (χ1n) is 4.70. The first-order valence-corrected chi connectivity index (χ1v) is 5.49. The van der Waals surface area contributed by atoms with Gasteiger partial charge in [-0.25, -0.2) is 0 Å². The summed E-state index contributed by atoms with van der Waals surface area (Å²) in [6.45, 7) is 1.95. The molecule has 0 aliphatic carbocycles. The van der Waals surface area contributed by atoms with Crippen LogP contribution in [0.1, 0.15) is 18.9 Å². The second-order valence-electron chi connectivity index (χ2n) is 3.08. The number of benzene rings is 1. The second kappa shape index (κ2) is 5.71. The van der Waals surface area contributed by atoms with Crippen LogP contribution < -0.4 is 4.74 Å². The topological polar surface area (TPSA) is 26.3 Å². The Bertz CT molecular complexity index is 383. The van der Waals surface area contributed by atoms with Gasteiger partial charge in [0.1, 0.15) is 12.0 Å². The number of carbonyl (C=O) groups is 1. The van der Waals surface area contributed by atoms with Crippen LogP contribution in [0.15, 0.2) is 28.2 Å². The molecule has 0 aliphatic heterocycles. The number of allylic oxidation sites excluding steroid dienone is 1. The Labute approximate surface area is 98.1 Å². The summed E-state index contributed by atoms with van der Waals surface area (Å²) in [5, 5.41) is 0. The van der Waals surface area contributed by atoms with Crippen LogP contribution in [0, 0.1) is 0 Å². The molecule has 0 aromatic heterocycles. The van der Waals surface area contributed by atoms with Crippen molar-refractivity contribution in [3.8, 4) is 5.75 Å². The van der Waals surface area contributed by atoms with Gasteiger partial charge in [-0.15, -0.1) is 0 Å². The summed E-state index contributed by atoms with van der Waals surface area (Å²) in [7, 11) is 1.62. The van der Waals surface area contributed by atoms with Gasteiger partial charge in [0.15, 0.2) is 0 Å². The van der Waals surface area contributed by atoms with Gasteiger partial charge < -0.3 is 4.74 Å². The number of rotatable bonds is 4. The second-order valence-corrected chi connectivity index (χ2v) is 3.93. The van der Waals surface area contributed by atoms with Gasteiger partial charge in [-0.3, -0.25) is 4.79 Å². The van der Waals surface area contributed by atoms with E-state index in [9.17, 15) is 4.79 Å². The number of hydrogen-bond donors (Lipinski definition) is 0.